The number of carbonyl (C=O) groups is 1. The van der Waals surface area contributed by atoms with Gasteiger partial charge in [-0.15, -0.1) is 0 Å². The number of nitrogens with one attached hydrogen (secondary N) is 1. The Kier molecular flexibility index (Phi) is 35.5. The minimum absolute atomic E-state index is 0.0858. The maximum absolute atomic E-state index is 12.3. The molecule has 0 saturated carbocycles. The summed E-state index contributed by atoms with van der Waals surface area (Å²) in [5, 5.41) is 22.8. The smallest absolute Gasteiger partial charge is 0.220 e. The van der Waals surface area contributed by atoms with Gasteiger partial charge in [-0.2, -0.15) is 0 Å². The van der Waals surface area contributed by atoms with Gasteiger partial charge in [0.15, 0.2) is 0 Å². The molecular weight excluding hydrogens is 554 g/mol. The molecule has 0 fully saturated rings. The van der Waals surface area contributed by atoms with Crippen LogP contribution >= 0.6 is 0 Å². The topological polar surface area (TPSA) is 69.6 Å². The van der Waals surface area contributed by atoms with E-state index in [-0.39, 0.29) is 12.5 Å². The third-order valence-corrected chi connectivity index (χ3v) is 8.49. The highest BCUT2D eigenvalue weighted by Gasteiger charge is 2.17. The van der Waals surface area contributed by atoms with Crippen molar-refractivity contribution in [2.75, 3.05) is 6.61 Å². The molecule has 2 atom stereocenters. The molecule has 0 saturated heterocycles. The van der Waals surface area contributed by atoms with Gasteiger partial charge < -0.3 is 15.5 Å². The van der Waals surface area contributed by atoms with E-state index in [1.54, 1.807) is 6.08 Å². The Morgan fingerprint density at radius 2 is 0.911 bits per heavy atom. The van der Waals surface area contributed by atoms with Crippen molar-refractivity contribution >= 4 is 5.91 Å². The molecule has 0 rings (SSSR count). The van der Waals surface area contributed by atoms with E-state index in [9.17, 15) is 15.0 Å². The maximum Gasteiger partial charge on any atom is 0.220 e. The molecule has 4 nitrogen and oxygen atoms in total. The molecule has 0 aromatic rings. The average molecular weight is 630 g/mol. The zero-order chi connectivity index (χ0) is 32.9. The van der Waals surface area contributed by atoms with E-state index in [2.05, 4.69) is 55.6 Å². The Morgan fingerprint density at radius 3 is 1.38 bits per heavy atom. The molecule has 1 amide bonds. The van der Waals surface area contributed by atoms with Crippen molar-refractivity contribution in [1.29, 1.82) is 0 Å². The Balaban J connectivity index is 3.60. The van der Waals surface area contributed by atoms with Gasteiger partial charge in [-0.1, -0.05) is 165 Å². The minimum Gasteiger partial charge on any atom is -0.394 e. The summed E-state index contributed by atoms with van der Waals surface area (Å²) < 4.78 is 0. The molecule has 0 aliphatic rings. The van der Waals surface area contributed by atoms with Crippen molar-refractivity contribution in [3.63, 3.8) is 0 Å². The fraction of sp³-hybridized carbons (Fsp3) is 0.780. The van der Waals surface area contributed by atoms with E-state index in [0.29, 0.717) is 6.42 Å². The number of rotatable bonds is 34. The average Bonchev–Trinajstić information content (AvgIpc) is 3.04. The summed E-state index contributed by atoms with van der Waals surface area (Å²) in [6.45, 7) is 4.21. The lowest BCUT2D eigenvalue weighted by atomic mass is 10.0. The number of hydrogen-bond donors (Lipinski definition) is 3. The molecule has 262 valence electrons. The van der Waals surface area contributed by atoms with Crippen molar-refractivity contribution in [3.8, 4) is 0 Å². The predicted molar refractivity (Wildman–Crippen MR) is 198 cm³/mol. The number of aliphatic hydroxyl groups excluding tert-OH is 2. The first-order valence-corrected chi connectivity index (χ1v) is 19.4. The van der Waals surface area contributed by atoms with Crippen LogP contribution in [0.5, 0.6) is 0 Å². The number of unbranched alkanes of at least 4 members (excludes halogenated alkanes) is 21. The summed E-state index contributed by atoms with van der Waals surface area (Å²) >= 11 is 0. The van der Waals surface area contributed by atoms with Gasteiger partial charge in [0.05, 0.1) is 18.8 Å². The van der Waals surface area contributed by atoms with Crippen molar-refractivity contribution < 1.29 is 15.0 Å². The molecule has 0 aromatic heterocycles. The first-order chi connectivity index (χ1) is 22.2. The molecular formula is C41H75NO3. The molecule has 3 N–H and O–H groups in total. The number of allylic oxidation sites excluding steroid dienone is 7. The Hall–Kier alpha value is -1.65. The van der Waals surface area contributed by atoms with Gasteiger partial charge in [-0.05, 0) is 64.2 Å². The SMILES string of the molecule is CCC/C=C/CC/C=C/CC/C=C/C(O)C(CO)NC(=O)CCCCCCCCC/C=C\CCCCCCCCCCCCC. The zero-order valence-electron chi connectivity index (χ0n) is 29.9. The molecule has 0 radical (unpaired) electrons. The highest BCUT2D eigenvalue weighted by atomic mass is 16.3. The number of aliphatic hydroxyl groups is 2. The summed E-state index contributed by atoms with van der Waals surface area (Å²) in [6.07, 6.45) is 49.2. The van der Waals surface area contributed by atoms with Crippen LogP contribution in [0.15, 0.2) is 48.6 Å². The monoisotopic (exact) mass is 630 g/mol. The van der Waals surface area contributed by atoms with E-state index in [0.717, 1.165) is 44.9 Å². The Bertz CT molecular complexity index is 726. The van der Waals surface area contributed by atoms with Crippen molar-refractivity contribution in [2.45, 2.75) is 199 Å². The zero-order valence-corrected chi connectivity index (χ0v) is 29.9. The van der Waals surface area contributed by atoms with Gasteiger partial charge in [0.1, 0.15) is 0 Å². The predicted octanol–water partition coefficient (Wildman–Crippen LogP) is 11.6. The van der Waals surface area contributed by atoms with Crippen LogP contribution in [0.25, 0.3) is 0 Å². The quantitative estimate of drug-likeness (QED) is 0.0490. The van der Waals surface area contributed by atoms with Crippen molar-refractivity contribution in [3.05, 3.63) is 48.6 Å². The summed E-state index contributed by atoms with van der Waals surface area (Å²) in [5.74, 6) is -0.0858. The molecule has 0 bridgehead atoms. The minimum atomic E-state index is -0.869. The van der Waals surface area contributed by atoms with E-state index in [4.69, 9.17) is 0 Å². The van der Waals surface area contributed by atoms with Crippen LogP contribution < -0.4 is 5.32 Å². The fourth-order valence-electron chi connectivity index (χ4n) is 5.50. The number of carbonyl (C=O) groups excluding carboxylic acids is 1. The van der Waals surface area contributed by atoms with E-state index in [1.165, 1.54) is 122 Å². The number of hydrogen-bond acceptors (Lipinski definition) is 3. The molecule has 0 heterocycles. The molecule has 45 heavy (non-hydrogen) atoms. The third kappa shape index (κ3) is 33.5. The maximum atomic E-state index is 12.3. The van der Waals surface area contributed by atoms with Crippen molar-refractivity contribution in [1.82, 2.24) is 5.32 Å². The third-order valence-electron chi connectivity index (χ3n) is 8.49. The van der Waals surface area contributed by atoms with E-state index < -0.39 is 12.1 Å². The first-order valence-electron chi connectivity index (χ1n) is 19.4. The first kappa shape index (κ1) is 43.4. The van der Waals surface area contributed by atoms with Gasteiger partial charge in [-0.3, -0.25) is 4.79 Å². The fourth-order valence-corrected chi connectivity index (χ4v) is 5.50. The summed E-state index contributed by atoms with van der Waals surface area (Å²) in [7, 11) is 0. The molecule has 0 aliphatic heterocycles. The van der Waals surface area contributed by atoms with E-state index >= 15 is 0 Å². The number of amides is 1. The highest BCUT2D eigenvalue weighted by Crippen LogP contribution is 2.13. The van der Waals surface area contributed by atoms with Crippen LogP contribution in [0.2, 0.25) is 0 Å². The lowest BCUT2D eigenvalue weighted by Crippen LogP contribution is -2.45. The highest BCUT2D eigenvalue weighted by molar-refractivity contribution is 5.76. The largest absolute Gasteiger partial charge is 0.394 e. The van der Waals surface area contributed by atoms with Crippen LogP contribution in [-0.2, 0) is 4.79 Å². The van der Waals surface area contributed by atoms with Crippen LogP contribution in [0.3, 0.4) is 0 Å². The standard InChI is InChI=1S/C41H75NO3/c1-3-5-7-9-11-13-15-16-17-18-19-20-21-22-23-24-25-27-29-31-33-35-37-41(45)42-39(38-43)40(44)36-34-32-30-28-26-14-12-10-8-6-4-2/h8,10,21-22,26,28,34,36,39-40,43-44H,3-7,9,11-20,23-25,27,29-33,35,37-38H2,1-2H3,(H,42,45)/b10-8+,22-21-,28-26+,36-34+. The van der Waals surface area contributed by atoms with Gasteiger partial charge >= 0.3 is 0 Å². The second kappa shape index (κ2) is 36.8. The van der Waals surface area contributed by atoms with Gasteiger partial charge in [0.25, 0.3) is 0 Å². The Labute approximate surface area is 280 Å². The van der Waals surface area contributed by atoms with Gasteiger partial charge in [0, 0.05) is 6.42 Å². The molecule has 0 aromatic carbocycles. The molecule has 0 aliphatic carbocycles. The molecule has 4 heteroatoms. The van der Waals surface area contributed by atoms with Crippen LogP contribution in [0.4, 0.5) is 0 Å². The summed E-state index contributed by atoms with van der Waals surface area (Å²) in [4.78, 5) is 12.3. The lowest BCUT2D eigenvalue weighted by molar-refractivity contribution is -0.123. The van der Waals surface area contributed by atoms with Gasteiger partial charge in [-0.25, -0.2) is 0 Å². The van der Waals surface area contributed by atoms with Crippen LogP contribution in [0.1, 0.15) is 187 Å². The van der Waals surface area contributed by atoms with E-state index in [1.807, 2.05) is 6.08 Å². The van der Waals surface area contributed by atoms with Gasteiger partial charge in [0.2, 0.25) is 5.91 Å². The van der Waals surface area contributed by atoms with Crippen LogP contribution in [0, 0.1) is 0 Å². The second-order valence-corrected chi connectivity index (χ2v) is 13.0. The molecule has 2 unspecified atom stereocenters. The van der Waals surface area contributed by atoms with Crippen molar-refractivity contribution in [2.24, 2.45) is 0 Å². The molecule has 0 spiro atoms. The summed E-state index contributed by atoms with van der Waals surface area (Å²) in [5.41, 5.74) is 0. The Morgan fingerprint density at radius 1 is 0.511 bits per heavy atom. The summed E-state index contributed by atoms with van der Waals surface area (Å²) in [6, 6.07) is -0.645. The second-order valence-electron chi connectivity index (χ2n) is 13.0. The van der Waals surface area contributed by atoms with Crippen LogP contribution in [-0.4, -0.2) is 34.9 Å². The normalized spacial score (nSPS) is 13.6. The lowest BCUT2D eigenvalue weighted by Gasteiger charge is -2.19.